The molecule has 0 aliphatic heterocycles. The number of nitrogens with zero attached hydrogens (tertiary/aromatic N) is 1. The summed E-state index contributed by atoms with van der Waals surface area (Å²) in [4.78, 5) is 13.6. The number of carbonyl (C=O) groups is 1. The Kier molecular flexibility index (Phi) is 5.22. The van der Waals surface area contributed by atoms with Crippen molar-refractivity contribution in [3.8, 4) is 0 Å². The minimum Gasteiger partial charge on any atom is -0.349 e. The molecule has 1 aromatic rings. The fraction of sp³-hybridized carbons (Fsp3) is 0.462. The third-order valence-electron chi connectivity index (χ3n) is 2.59. The van der Waals surface area contributed by atoms with Crippen LogP contribution in [-0.2, 0) is 4.79 Å². The fourth-order valence-corrected chi connectivity index (χ4v) is 1.71. The monoisotopic (exact) mass is 256 g/mol. The standard InChI is InChI=1S/C13H18F2N2O/c1-9-4-6-10(7-5-9)12(17(2)3)13(18)16-8-11(14)15/h4-7,11-12H,8H2,1-3H3,(H,16,18). The van der Waals surface area contributed by atoms with Crippen LogP contribution in [-0.4, -0.2) is 37.9 Å². The second-order valence-corrected chi connectivity index (χ2v) is 4.41. The van der Waals surface area contributed by atoms with Gasteiger partial charge in [0.2, 0.25) is 5.91 Å². The number of amides is 1. The van der Waals surface area contributed by atoms with Crippen LogP contribution in [0.3, 0.4) is 0 Å². The molecule has 0 fully saturated rings. The predicted octanol–water partition coefficient (Wildman–Crippen LogP) is 1.98. The van der Waals surface area contributed by atoms with Gasteiger partial charge in [0, 0.05) is 0 Å². The van der Waals surface area contributed by atoms with Gasteiger partial charge >= 0.3 is 0 Å². The van der Waals surface area contributed by atoms with E-state index in [1.807, 2.05) is 31.2 Å². The van der Waals surface area contributed by atoms with Crippen molar-refractivity contribution in [1.82, 2.24) is 10.2 Å². The van der Waals surface area contributed by atoms with Gasteiger partial charge in [0.15, 0.2) is 0 Å². The largest absolute Gasteiger partial charge is 0.349 e. The summed E-state index contributed by atoms with van der Waals surface area (Å²) in [5, 5.41) is 2.25. The van der Waals surface area contributed by atoms with Gasteiger partial charge in [-0.15, -0.1) is 0 Å². The third-order valence-corrected chi connectivity index (χ3v) is 2.59. The quantitative estimate of drug-likeness (QED) is 0.873. The molecule has 0 saturated carbocycles. The topological polar surface area (TPSA) is 32.3 Å². The van der Waals surface area contributed by atoms with Gasteiger partial charge in [0.1, 0.15) is 6.04 Å². The second kappa shape index (κ2) is 6.44. The molecule has 3 nitrogen and oxygen atoms in total. The normalized spacial score (nSPS) is 12.8. The van der Waals surface area contributed by atoms with Gasteiger partial charge in [0.05, 0.1) is 6.54 Å². The van der Waals surface area contributed by atoms with E-state index in [-0.39, 0.29) is 0 Å². The van der Waals surface area contributed by atoms with E-state index in [4.69, 9.17) is 0 Å². The molecule has 1 amide bonds. The Balaban J connectivity index is 2.82. The first-order valence-electron chi connectivity index (χ1n) is 5.70. The molecule has 1 rings (SSSR count). The zero-order chi connectivity index (χ0) is 13.7. The van der Waals surface area contributed by atoms with Crippen LogP contribution >= 0.6 is 0 Å². The lowest BCUT2D eigenvalue weighted by molar-refractivity contribution is -0.126. The molecule has 0 radical (unpaired) electrons. The predicted molar refractivity (Wildman–Crippen MR) is 66.6 cm³/mol. The highest BCUT2D eigenvalue weighted by Gasteiger charge is 2.23. The Morgan fingerprint density at radius 2 is 1.83 bits per heavy atom. The van der Waals surface area contributed by atoms with Gasteiger partial charge in [-0.1, -0.05) is 29.8 Å². The number of nitrogens with one attached hydrogen (secondary N) is 1. The molecule has 1 atom stereocenters. The van der Waals surface area contributed by atoms with Gasteiger partial charge in [-0.2, -0.15) is 0 Å². The summed E-state index contributed by atoms with van der Waals surface area (Å²) in [6.45, 7) is 1.33. The summed E-state index contributed by atoms with van der Waals surface area (Å²) in [7, 11) is 3.49. The molecule has 0 heterocycles. The number of carbonyl (C=O) groups excluding carboxylic acids is 1. The van der Waals surface area contributed by atoms with Crippen LogP contribution in [0.4, 0.5) is 8.78 Å². The number of hydrogen-bond donors (Lipinski definition) is 1. The zero-order valence-corrected chi connectivity index (χ0v) is 10.8. The highest BCUT2D eigenvalue weighted by molar-refractivity contribution is 5.83. The molecule has 1 aromatic carbocycles. The van der Waals surface area contributed by atoms with Crippen LogP contribution in [0.1, 0.15) is 17.2 Å². The average molecular weight is 256 g/mol. The molecule has 1 unspecified atom stereocenters. The van der Waals surface area contributed by atoms with Crippen molar-refractivity contribution in [2.45, 2.75) is 19.4 Å². The van der Waals surface area contributed by atoms with Crippen LogP contribution in [0.5, 0.6) is 0 Å². The first kappa shape index (κ1) is 14.6. The first-order valence-corrected chi connectivity index (χ1v) is 5.70. The maximum atomic E-state index is 12.1. The van der Waals surface area contributed by atoms with Crippen molar-refractivity contribution in [2.75, 3.05) is 20.6 Å². The molecule has 5 heteroatoms. The molecule has 0 aliphatic carbocycles. The van der Waals surface area contributed by atoms with Crippen molar-refractivity contribution < 1.29 is 13.6 Å². The summed E-state index contributed by atoms with van der Waals surface area (Å²) in [5.74, 6) is -0.413. The Morgan fingerprint density at radius 3 is 2.28 bits per heavy atom. The number of rotatable bonds is 5. The molecular weight excluding hydrogens is 238 g/mol. The average Bonchev–Trinajstić information content (AvgIpc) is 2.29. The first-order chi connectivity index (χ1) is 8.41. The van der Waals surface area contributed by atoms with Gasteiger partial charge in [-0.3, -0.25) is 9.69 Å². The molecule has 0 saturated heterocycles. The number of aryl methyl sites for hydroxylation is 1. The van der Waals surface area contributed by atoms with E-state index < -0.39 is 24.9 Å². The minimum atomic E-state index is -2.53. The summed E-state index contributed by atoms with van der Waals surface area (Å²) in [5.41, 5.74) is 1.88. The van der Waals surface area contributed by atoms with Crippen molar-refractivity contribution in [3.05, 3.63) is 35.4 Å². The van der Waals surface area contributed by atoms with Crippen molar-refractivity contribution in [2.24, 2.45) is 0 Å². The molecule has 0 bridgehead atoms. The Bertz CT molecular complexity index is 390. The highest BCUT2D eigenvalue weighted by atomic mass is 19.3. The van der Waals surface area contributed by atoms with Crippen LogP contribution in [0.25, 0.3) is 0 Å². The van der Waals surface area contributed by atoms with Crippen LogP contribution in [0.2, 0.25) is 0 Å². The van der Waals surface area contributed by atoms with E-state index in [2.05, 4.69) is 5.32 Å². The zero-order valence-electron chi connectivity index (χ0n) is 10.8. The van der Waals surface area contributed by atoms with E-state index in [1.54, 1.807) is 19.0 Å². The summed E-state index contributed by atoms with van der Waals surface area (Å²) >= 11 is 0. The Hall–Kier alpha value is -1.49. The highest BCUT2D eigenvalue weighted by Crippen LogP contribution is 2.18. The van der Waals surface area contributed by atoms with Gasteiger partial charge in [0.25, 0.3) is 6.43 Å². The van der Waals surface area contributed by atoms with E-state index in [9.17, 15) is 13.6 Å². The lowest BCUT2D eigenvalue weighted by Crippen LogP contribution is -2.39. The van der Waals surface area contributed by atoms with E-state index >= 15 is 0 Å². The third kappa shape index (κ3) is 4.07. The lowest BCUT2D eigenvalue weighted by atomic mass is 10.0. The van der Waals surface area contributed by atoms with E-state index in [0.717, 1.165) is 11.1 Å². The molecule has 100 valence electrons. The van der Waals surface area contributed by atoms with Crippen LogP contribution < -0.4 is 5.32 Å². The van der Waals surface area contributed by atoms with Crippen molar-refractivity contribution in [1.29, 1.82) is 0 Å². The second-order valence-electron chi connectivity index (χ2n) is 4.41. The van der Waals surface area contributed by atoms with Crippen molar-refractivity contribution in [3.63, 3.8) is 0 Å². The van der Waals surface area contributed by atoms with Gasteiger partial charge < -0.3 is 5.32 Å². The molecule has 0 spiro atoms. The van der Waals surface area contributed by atoms with E-state index in [1.165, 1.54) is 0 Å². The van der Waals surface area contributed by atoms with Crippen molar-refractivity contribution >= 4 is 5.91 Å². The SMILES string of the molecule is Cc1ccc(C(C(=O)NCC(F)F)N(C)C)cc1. The van der Waals surface area contributed by atoms with E-state index in [0.29, 0.717) is 0 Å². The molecule has 0 aromatic heterocycles. The maximum absolute atomic E-state index is 12.1. The number of alkyl halides is 2. The minimum absolute atomic E-state index is 0.413. The maximum Gasteiger partial charge on any atom is 0.255 e. The fourth-order valence-electron chi connectivity index (χ4n) is 1.71. The molecule has 18 heavy (non-hydrogen) atoms. The summed E-state index contributed by atoms with van der Waals surface area (Å²) in [6.07, 6.45) is -2.53. The van der Waals surface area contributed by atoms with Crippen LogP contribution in [0, 0.1) is 6.92 Å². The van der Waals surface area contributed by atoms with Crippen LogP contribution in [0.15, 0.2) is 24.3 Å². The molecular formula is C13H18F2N2O. The van der Waals surface area contributed by atoms with Gasteiger partial charge in [-0.25, -0.2) is 8.78 Å². The molecule has 0 aliphatic rings. The number of benzene rings is 1. The lowest BCUT2D eigenvalue weighted by Gasteiger charge is -2.23. The Morgan fingerprint density at radius 1 is 1.28 bits per heavy atom. The smallest absolute Gasteiger partial charge is 0.255 e. The number of hydrogen-bond acceptors (Lipinski definition) is 2. The number of halogens is 2. The number of likely N-dealkylation sites (N-methyl/N-ethyl adjacent to an activating group) is 1. The van der Waals surface area contributed by atoms with Gasteiger partial charge in [-0.05, 0) is 26.6 Å². The summed E-state index contributed by atoms with van der Waals surface area (Å²) < 4.78 is 24.2. The Labute approximate surface area is 106 Å². The summed E-state index contributed by atoms with van der Waals surface area (Å²) in [6, 6.07) is 6.91. The molecule has 1 N–H and O–H groups in total.